The van der Waals surface area contributed by atoms with Crippen molar-refractivity contribution in [1.82, 2.24) is 14.9 Å². The molecule has 2 rings (SSSR count). The van der Waals surface area contributed by atoms with Crippen molar-refractivity contribution >= 4 is 23.5 Å². The molecule has 0 aliphatic carbocycles. The monoisotopic (exact) mass is 326 g/mol. The van der Waals surface area contributed by atoms with Gasteiger partial charge in [-0.3, -0.25) is 0 Å². The van der Waals surface area contributed by atoms with Crippen molar-refractivity contribution < 1.29 is 9.53 Å². The van der Waals surface area contributed by atoms with Crippen LogP contribution in [0.3, 0.4) is 0 Å². The Bertz CT molecular complexity index is 525. The molecule has 0 bridgehead atoms. The quantitative estimate of drug-likeness (QED) is 0.845. The normalized spacial score (nSPS) is 19.0. The molecule has 1 amide bonds. The van der Waals surface area contributed by atoms with Gasteiger partial charge in [-0.15, -0.1) is 0 Å². The maximum absolute atomic E-state index is 12.1. The van der Waals surface area contributed by atoms with Crippen molar-refractivity contribution in [3.8, 4) is 0 Å². The van der Waals surface area contributed by atoms with E-state index >= 15 is 0 Å². The van der Waals surface area contributed by atoms with Gasteiger partial charge in [0.15, 0.2) is 0 Å². The first kappa shape index (κ1) is 16.8. The number of aryl methyl sites for hydroxylation is 1. The van der Waals surface area contributed by atoms with Crippen LogP contribution >= 0.6 is 11.6 Å². The summed E-state index contributed by atoms with van der Waals surface area (Å²) in [5.74, 6) is 0.688. The highest BCUT2D eigenvalue weighted by Gasteiger charge is 2.27. The molecule has 0 spiro atoms. The molecule has 1 N–H and O–H groups in total. The molecule has 0 radical (unpaired) electrons. The van der Waals surface area contributed by atoms with Crippen LogP contribution in [0.15, 0.2) is 6.07 Å². The summed E-state index contributed by atoms with van der Waals surface area (Å²) >= 11 is 5.87. The van der Waals surface area contributed by atoms with E-state index in [0.29, 0.717) is 12.4 Å². The molecule has 2 heterocycles. The van der Waals surface area contributed by atoms with Crippen molar-refractivity contribution in [3.05, 3.63) is 17.0 Å². The van der Waals surface area contributed by atoms with Gasteiger partial charge in [0, 0.05) is 30.9 Å². The maximum Gasteiger partial charge on any atom is 0.410 e. The molecule has 122 valence electrons. The average molecular weight is 327 g/mol. The molecular weight excluding hydrogens is 304 g/mol. The maximum atomic E-state index is 12.1. The number of carbonyl (C=O) groups excluding carboxylic acids is 1. The van der Waals surface area contributed by atoms with E-state index in [0.717, 1.165) is 25.1 Å². The molecule has 0 aromatic carbocycles. The number of piperidine rings is 1. The Balaban J connectivity index is 1.97. The van der Waals surface area contributed by atoms with E-state index in [1.807, 2.05) is 33.8 Å². The van der Waals surface area contributed by atoms with E-state index in [9.17, 15) is 4.79 Å². The van der Waals surface area contributed by atoms with Gasteiger partial charge < -0.3 is 15.0 Å². The number of amides is 1. The SMILES string of the molecule is Cc1cc(N[C@@H]2CCCN(C(=O)OC(C)(C)C)C2)nc(Cl)n1. The number of anilines is 1. The zero-order valence-electron chi connectivity index (χ0n) is 13.5. The number of hydrogen-bond donors (Lipinski definition) is 1. The fraction of sp³-hybridized carbons (Fsp3) is 0.667. The van der Waals surface area contributed by atoms with E-state index < -0.39 is 5.60 Å². The Kier molecular flexibility index (Phi) is 5.11. The molecule has 1 aliphatic rings. The Morgan fingerprint density at radius 3 is 2.82 bits per heavy atom. The summed E-state index contributed by atoms with van der Waals surface area (Å²) in [6, 6.07) is 1.98. The number of halogens is 1. The topological polar surface area (TPSA) is 67.4 Å². The molecule has 1 aromatic rings. The van der Waals surface area contributed by atoms with Gasteiger partial charge in [-0.1, -0.05) is 0 Å². The number of ether oxygens (including phenoxy) is 1. The molecule has 1 atom stereocenters. The van der Waals surface area contributed by atoms with Crippen molar-refractivity contribution in [3.63, 3.8) is 0 Å². The summed E-state index contributed by atoms with van der Waals surface area (Å²) in [7, 11) is 0. The third-order valence-electron chi connectivity index (χ3n) is 3.25. The number of nitrogens with zero attached hydrogens (tertiary/aromatic N) is 3. The van der Waals surface area contributed by atoms with Crippen molar-refractivity contribution in [2.24, 2.45) is 0 Å². The third kappa shape index (κ3) is 5.02. The highest BCUT2D eigenvalue weighted by Crippen LogP contribution is 2.19. The first-order chi connectivity index (χ1) is 10.2. The molecule has 22 heavy (non-hydrogen) atoms. The van der Waals surface area contributed by atoms with Gasteiger partial charge in [-0.25, -0.2) is 14.8 Å². The molecule has 7 heteroatoms. The standard InChI is InChI=1S/C15H23ClN4O2/c1-10-8-12(19-13(16)17-10)18-11-6-5-7-20(9-11)14(21)22-15(2,3)4/h8,11H,5-7,9H2,1-4H3,(H,17,18,19)/t11-/m1/s1. The van der Waals surface area contributed by atoms with Crippen LogP contribution in [0.2, 0.25) is 5.28 Å². The minimum absolute atomic E-state index is 0.131. The summed E-state index contributed by atoms with van der Waals surface area (Å²) in [6.07, 6.45) is 1.63. The lowest BCUT2D eigenvalue weighted by molar-refractivity contribution is 0.0206. The first-order valence-electron chi connectivity index (χ1n) is 7.48. The summed E-state index contributed by atoms with van der Waals surface area (Å²) < 4.78 is 5.43. The van der Waals surface area contributed by atoms with Crippen LogP contribution in [-0.4, -0.2) is 45.7 Å². The smallest absolute Gasteiger partial charge is 0.410 e. The van der Waals surface area contributed by atoms with Crippen molar-refractivity contribution in [2.45, 2.75) is 52.2 Å². The second-order valence-electron chi connectivity index (χ2n) is 6.57. The summed E-state index contributed by atoms with van der Waals surface area (Å²) in [4.78, 5) is 22.1. The van der Waals surface area contributed by atoms with Gasteiger partial charge in [0.25, 0.3) is 0 Å². The van der Waals surface area contributed by atoms with Crippen molar-refractivity contribution in [2.75, 3.05) is 18.4 Å². The van der Waals surface area contributed by atoms with E-state index in [4.69, 9.17) is 16.3 Å². The Hall–Kier alpha value is -1.56. The molecule has 1 aliphatic heterocycles. The van der Waals surface area contributed by atoms with E-state index in [1.165, 1.54) is 0 Å². The van der Waals surface area contributed by atoms with Gasteiger partial charge in [0.2, 0.25) is 5.28 Å². The van der Waals surface area contributed by atoms with Crippen LogP contribution in [0, 0.1) is 6.92 Å². The molecular formula is C15H23ClN4O2. The van der Waals surface area contributed by atoms with Crippen LogP contribution in [0.25, 0.3) is 0 Å². The summed E-state index contributed by atoms with van der Waals surface area (Å²) in [5, 5.41) is 3.55. The Morgan fingerprint density at radius 2 is 2.18 bits per heavy atom. The fourth-order valence-electron chi connectivity index (χ4n) is 2.40. The van der Waals surface area contributed by atoms with E-state index in [-0.39, 0.29) is 17.4 Å². The van der Waals surface area contributed by atoms with Gasteiger partial charge in [-0.2, -0.15) is 0 Å². The lowest BCUT2D eigenvalue weighted by Crippen LogP contribution is -2.47. The zero-order valence-corrected chi connectivity index (χ0v) is 14.3. The molecule has 1 saturated heterocycles. The van der Waals surface area contributed by atoms with Crippen LogP contribution < -0.4 is 5.32 Å². The van der Waals surface area contributed by atoms with Gasteiger partial charge in [-0.05, 0) is 52.1 Å². The van der Waals surface area contributed by atoms with E-state index in [1.54, 1.807) is 4.90 Å². The number of nitrogens with one attached hydrogen (secondary N) is 1. The third-order valence-corrected chi connectivity index (χ3v) is 3.42. The van der Waals surface area contributed by atoms with Crippen LogP contribution in [0.5, 0.6) is 0 Å². The zero-order chi connectivity index (χ0) is 16.3. The Morgan fingerprint density at radius 1 is 1.45 bits per heavy atom. The highest BCUT2D eigenvalue weighted by atomic mass is 35.5. The number of likely N-dealkylation sites (tertiary alicyclic amines) is 1. The van der Waals surface area contributed by atoms with Crippen LogP contribution in [0.4, 0.5) is 10.6 Å². The first-order valence-corrected chi connectivity index (χ1v) is 7.86. The summed E-state index contributed by atoms with van der Waals surface area (Å²) in [6.45, 7) is 8.79. The second-order valence-corrected chi connectivity index (χ2v) is 6.91. The number of hydrogen-bond acceptors (Lipinski definition) is 5. The number of aromatic nitrogens is 2. The molecule has 0 saturated carbocycles. The number of rotatable bonds is 2. The van der Waals surface area contributed by atoms with Gasteiger partial charge in [0.05, 0.1) is 0 Å². The second kappa shape index (κ2) is 6.69. The van der Waals surface area contributed by atoms with Crippen LogP contribution in [0.1, 0.15) is 39.3 Å². The minimum atomic E-state index is -0.477. The van der Waals surface area contributed by atoms with Gasteiger partial charge >= 0.3 is 6.09 Å². The van der Waals surface area contributed by atoms with E-state index in [2.05, 4.69) is 15.3 Å². The van der Waals surface area contributed by atoms with Gasteiger partial charge in [0.1, 0.15) is 11.4 Å². The Labute approximate surface area is 136 Å². The highest BCUT2D eigenvalue weighted by molar-refractivity contribution is 6.28. The minimum Gasteiger partial charge on any atom is -0.444 e. The molecule has 0 unspecified atom stereocenters. The number of carbonyl (C=O) groups is 1. The predicted octanol–water partition coefficient (Wildman–Crippen LogP) is 3.25. The lowest BCUT2D eigenvalue weighted by Gasteiger charge is -2.34. The fourth-order valence-corrected chi connectivity index (χ4v) is 2.63. The molecule has 6 nitrogen and oxygen atoms in total. The molecule has 1 aromatic heterocycles. The van der Waals surface area contributed by atoms with Crippen LogP contribution in [-0.2, 0) is 4.74 Å². The van der Waals surface area contributed by atoms with Crippen molar-refractivity contribution in [1.29, 1.82) is 0 Å². The largest absolute Gasteiger partial charge is 0.444 e. The molecule has 1 fully saturated rings. The lowest BCUT2D eigenvalue weighted by atomic mass is 10.1. The average Bonchev–Trinajstić information content (AvgIpc) is 2.35. The summed E-state index contributed by atoms with van der Waals surface area (Å²) in [5.41, 5.74) is 0.330. The predicted molar refractivity (Wildman–Crippen MR) is 86.2 cm³/mol.